The van der Waals surface area contributed by atoms with Gasteiger partial charge in [0.25, 0.3) is 0 Å². The monoisotopic (exact) mass is 301 g/mol. The van der Waals surface area contributed by atoms with E-state index in [0.29, 0.717) is 22.4 Å². The lowest BCUT2D eigenvalue weighted by Gasteiger charge is -2.17. The van der Waals surface area contributed by atoms with Crippen LogP contribution in [0, 0.1) is 5.92 Å². The molecule has 0 aliphatic carbocycles. The molecule has 1 aromatic rings. The van der Waals surface area contributed by atoms with Crippen LogP contribution < -0.4 is 5.73 Å². The maximum Gasteiger partial charge on any atom is 0.339 e. The van der Waals surface area contributed by atoms with Crippen molar-refractivity contribution in [1.29, 1.82) is 0 Å². The quantitative estimate of drug-likeness (QED) is 0.798. The second-order valence-electron chi connectivity index (χ2n) is 4.43. The summed E-state index contributed by atoms with van der Waals surface area (Å²) in [6.45, 7) is 4.04. The zero-order valence-electron chi connectivity index (χ0n) is 9.77. The van der Waals surface area contributed by atoms with Gasteiger partial charge in [-0.3, -0.25) is 0 Å². The minimum absolute atomic E-state index is 0.131. The van der Waals surface area contributed by atoms with Gasteiger partial charge in [-0.2, -0.15) is 0 Å². The first kappa shape index (κ1) is 14.0. The predicted molar refractivity (Wildman–Crippen MR) is 69.1 cm³/mol. The van der Waals surface area contributed by atoms with Crippen molar-refractivity contribution in [3.8, 4) is 5.75 Å². The smallest absolute Gasteiger partial charge is 0.339 e. The Bertz CT molecular complexity index is 432. The Kier molecular flexibility index (Phi) is 4.54. The number of phenols is 1. The second-order valence-corrected chi connectivity index (χ2v) is 5.35. The summed E-state index contributed by atoms with van der Waals surface area (Å²) in [7, 11) is 0. The zero-order valence-corrected chi connectivity index (χ0v) is 11.4. The lowest BCUT2D eigenvalue weighted by molar-refractivity contribution is 0.0693. The Hall–Kier alpha value is -1.07. The van der Waals surface area contributed by atoms with Crippen LogP contribution in [0.3, 0.4) is 0 Å². The summed E-state index contributed by atoms with van der Waals surface area (Å²) in [6.07, 6.45) is 0.684. The minimum Gasteiger partial charge on any atom is -0.507 e. The number of benzene rings is 1. The van der Waals surface area contributed by atoms with Crippen LogP contribution in [0.25, 0.3) is 0 Å². The molecule has 1 atom stereocenters. The predicted octanol–water partition coefficient (Wildman–Crippen LogP) is 2.90. The molecule has 0 aliphatic heterocycles. The molecule has 5 heteroatoms. The highest BCUT2D eigenvalue weighted by atomic mass is 79.9. The van der Waals surface area contributed by atoms with Crippen LogP contribution in [-0.2, 0) is 0 Å². The van der Waals surface area contributed by atoms with Crippen LogP contribution in [0.5, 0.6) is 5.75 Å². The fraction of sp³-hybridized carbons (Fsp3) is 0.417. The van der Waals surface area contributed by atoms with Crippen molar-refractivity contribution in [2.75, 3.05) is 0 Å². The molecule has 0 amide bonds. The van der Waals surface area contributed by atoms with Gasteiger partial charge in [0.15, 0.2) is 0 Å². The summed E-state index contributed by atoms with van der Waals surface area (Å²) in [5, 5.41) is 18.8. The third-order valence-corrected chi connectivity index (χ3v) is 2.92. The lowest BCUT2D eigenvalue weighted by Crippen LogP contribution is -2.14. The Balaban J connectivity index is 3.19. The van der Waals surface area contributed by atoms with Crippen molar-refractivity contribution in [1.82, 2.24) is 0 Å². The van der Waals surface area contributed by atoms with Crippen LogP contribution in [0.15, 0.2) is 16.6 Å². The molecule has 0 saturated carbocycles. The molecule has 0 radical (unpaired) electrons. The molecule has 17 heavy (non-hydrogen) atoms. The molecule has 0 bridgehead atoms. The van der Waals surface area contributed by atoms with Gasteiger partial charge in [-0.05, 0) is 24.5 Å². The van der Waals surface area contributed by atoms with Crippen LogP contribution >= 0.6 is 15.9 Å². The summed E-state index contributed by atoms with van der Waals surface area (Å²) in [5.41, 5.74) is 6.29. The number of carboxylic acids is 1. The van der Waals surface area contributed by atoms with Crippen LogP contribution in [0.4, 0.5) is 0 Å². The molecular formula is C12H16BrNO3. The van der Waals surface area contributed by atoms with E-state index in [1.54, 1.807) is 6.07 Å². The number of hydrogen-bond donors (Lipinski definition) is 3. The molecule has 1 rings (SSSR count). The minimum atomic E-state index is -1.17. The number of carboxylic acid groups (broad SMARTS) is 1. The van der Waals surface area contributed by atoms with Gasteiger partial charge in [0, 0.05) is 16.1 Å². The Labute approximate surface area is 109 Å². The number of aromatic carboxylic acids is 1. The summed E-state index contributed by atoms with van der Waals surface area (Å²) >= 11 is 3.22. The fourth-order valence-electron chi connectivity index (χ4n) is 1.70. The molecule has 4 N–H and O–H groups in total. The van der Waals surface area contributed by atoms with Gasteiger partial charge in [-0.25, -0.2) is 4.79 Å². The summed E-state index contributed by atoms with van der Waals surface area (Å²) < 4.78 is 0.599. The van der Waals surface area contributed by atoms with Crippen LogP contribution in [0.2, 0.25) is 0 Å². The van der Waals surface area contributed by atoms with E-state index in [1.807, 2.05) is 13.8 Å². The summed E-state index contributed by atoms with van der Waals surface area (Å²) in [4.78, 5) is 10.9. The van der Waals surface area contributed by atoms with Crippen LogP contribution in [-0.4, -0.2) is 16.2 Å². The molecule has 4 nitrogen and oxygen atoms in total. The van der Waals surface area contributed by atoms with E-state index in [2.05, 4.69) is 15.9 Å². The van der Waals surface area contributed by atoms with Gasteiger partial charge < -0.3 is 15.9 Å². The maximum atomic E-state index is 10.9. The third kappa shape index (κ3) is 3.44. The number of aromatic hydroxyl groups is 1. The summed E-state index contributed by atoms with van der Waals surface area (Å²) in [5.74, 6) is -1.03. The van der Waals surface area contributed by atoms with Gasteiger partial charge >= 0.3 is 5.97 Å². The van der Waals surface area contributed by atoms with E-state index in [0.717, 1.165) is 0 Å². The van der Waals surface area contributed by atoms with Crippen molar-refractivity contribution in [2.45, 2.75) is 26.3 Å². The molecule has 0 fully saturated rings. The van der Waals surface area contributed by atoms with E-state index in [4.69, 9.17) is 10.8 Å². The zero-order chi connectivity index (χ0) is 13.2. The van der Waals surface area contributed by atoms with Crippen LogP contribution in [0.1, 0.15) is 42.2 Å². The third-order valence-electron chi connectivity index (χ3n) is 2.46. The number of nitrogens with two attached hydrogens (primary N) is 1. The maximum absolute atomic E-state index is 10.9. The largest absolute Gasteiger partial charge is 0.507 e. The highest BCUT2D eigenvalue weighted by Gasteiger charge is 2.19. The van der Waals surface area contributed by atoms with E-state index in [-0.39, 0.29) is 17.4 Å². The normalized spacial score (nSPS) is 12.8. The average molecular weight is 302 g/mol. The van der Waals surface area contributed by atoms with E-state index in [1.165, 1.54) is 6.07 Å². The highest BCUT2D eigenvalue weighted by Crippen LogP contribution is 2.33. The van der Waals surface area contributed by atoms with E-state index >= 15 is 0 Å². The average Bonchev–Trinajstić information content (AvgIpc) is 2.19. The fourth-order valence-corrected chi connectivity index (χ4v) is 2.18. The van der Waals surface area contributed by atoms with Crippen molar-refractivity contribution >= 4 is 21.9 Å². The molecule has 0 unspecified atom stereocenters. The first-order valence-corrected chi connectivity index (χ1v) is 6.13. The first-order valence-electron chi connectivity index (χ1n) is 5.34. The number of rotatable bonds is 4. The second kappa shape index (κ2) is 5.51. The highest BCUT2D eigenvalue weighted by molar-refractivity contribution is 9.10. The molecular weight excluding hydrogens is 286 g/mol. The number of carbonyl (C=O) groups is 1. The first-order chi connectivity index (χ1) is 7.82. The molecule has 94 valence electrons. The van der Waals surface area contributed by atoms with Gasteiger partial charge in [0.05, 0.1) is 0 Å². The standard InChI is InChI=1S/C12H16BrNO3/c1-6(2)3-10(14)8-4-7(13)5-9(11(8)15)12(16)17/h4-6,10,15H,3,14H2,1-2H3,(H,16,17)/t10-/m0/s1. The van der Waals surface area contributed by atoms with Gasteiger partial charge in [0.1, 0.15) is 11.3 Å². The van der Waals surface area contributed by atoms with Gasteiger partial charge in [0.2, 0.25) is 0 Å². The number of halogens is 1. The van der Waals surface area contributed by atoms with E-state index < -0.39 is 5.97 Å². The SMILES string of the molecule is CC(C)C[C@H](N)c1cc(Br)cc(C(=O)O)c1O. The Morgan fingerprint density at radius 2 is 2.06 bits per heavy atom. The van der Waals surface area contributed by atoms with Crippen molar-refractivity contribution in [3.05, 3.63) is 27.7 Å². The molecule has 0 aliphatic rings. The molecule has 0 aromatic heterocycles. The topological polar surface area (TPSA) is 83.6 Å². The number of hydrogen-bond acceptors (Lipinski definition) is 3. The molecule has 0 spiro atoms. The molecule has 0 heterocycles. The lowest BCUT2D eigenvalue weighted by atomic mass is 9.95. The Morgan fingerprint density at radius 3 is 2.53 bits per heavy atom. The summed E-state index contributed by atoms with van der Waals surface area (Å²) in [6, 6.07) is 2.66. The van der Waals surface area contributed by atoms with Crippen molar-refractivity contribution in [2.24, 2.45) is 11.7 Å². The van der Waals surface area contributed by atoms with E-state index in [9.17, 15) is 9.90 Å². The van der Waals surface area contributed by atoms with Crippen molar-refractivity contribution < 1.29 is 15.0 Å². The van der Waals surface area contributed by atoms with Crippen molar-refractivity contribution in [3.63, 3.8) is 0 Å². The Morgan fingerprint density at radius 1 is 1.47 bits per heavy atom. The van der Waals surface area contributed by atoms with Gasteiger partial charge in [-0.15, -0.1) is 0 Å². The van der Waals surface area contributed by atoms with Gasteiger partial charge in [-0.1, -0.05) is 29.8 Å². The molecule has 0 saturated heterocycles. The molecule has 1 aromatic carbocycles.